The average molecular weight is 677 g/mol. The van der Waals surface area contributed by atoms with Gasteiger partial charge in [-0.3, -0.25) is 0 Å². The van der Waals surface area contributed by atoms with Crippen molar-refractivity contribution in [1.82, 2.24) is 0 Å². The first-order chi connectivity index (χ1) is 22.2. The quantitative estimate of drug-likeness (QED) is 0.0699. The summed E-state index contributed by atoms with van der Waals surface area (Å²) in [4.78, 5) is 0.542. The average Bonchev–Trinajstić information content (AvgIpc) is 3.05. The van der Waals surface area contributed by atoms with Crippen molar-refractivity contribution in [2.75, 3.05) is 24.6 Å². The Labute approximate surface area is 286 Å². The fourth-order valence-electron chi connectivity index (χ4n) is 7.75. The molecule has 0 heterocycles. The maximum atomic E-state index is 15.4. The summed E-state index contributed by atoms with van der Waals surface area (Å²) in [5.41, 5.74) is 3.85. The molecule has 3 nitrogen and oxygen atoms in total. The van der Waals surface area contributed by atoms with Crippen LogP contribution in [-0.2, 0) is 33.4 Å². The Kier molecular flexibility index (Phi) is 19.0. The van der Waals surface area contributed by atoms with Gasteiger partial charge in [-0.1, -0.05) is 0 Å². The van der Waals surface area contributed by atoms with Crippen LogP contribution in [0.3, 0.4) is 0 Å². The Morgan fingerprint density at radius 2 is 0.848 bits per heavy atom. The van der Waals surface area contributed by atoms with Crippen molar-refractivity contribution in [3.8, 4) is 0 Å². The van der Waals surface area contributed by atoms with Crippen molar-refractivity contribution < 1.29 is 12.4 Å². The van der Waals surface area contributed by atoms with Gasteiger partial charge in [-0.15, -0.1) is 0 Å². The molecule has 2 aromatic carbocycles. The topological polar surface area (TPSA) is 43.4 Å². The molecule has 0 radical (unpaired) electrons. The summed E-state index contributed by atoms with van der Waals surface area (Å²) in [5.74, 6) is 0. The van der Waals surface area contributed by atoms with Crippen LogP contribution in [0.15, 0.2) is 29.2 Å². The van der Waals surface area contributed by atoms with Gasteiger partial charge >= 0.3 is 287 Å². The van der Waals surface area contributed by atoms with Crippen LogP contribution in [0.2, 0.25) is 0 Å². The summed E-state index contributed by atoms with van der Waals surface area (Å²) in [7, 11) is -4.03. The molecule has 0 saturated heterocycles. The van der Waals surface area contributed by atoms with Crippen molar-refractivity contribution >= 4 is 27.7 Å². The summed E-state index contributed by atoms with van der Waals surface area (Å²) < 4.78 is 38.2. The zero-order valence-corrected chi connectivity index (χ0v) is 33.1. The number of hydrogen-bond acceptors (Lipinski definition) is 3. The molecule has 2 aromatic rings. The van der Waals surface area contributed by atoms with Crippen molar-refractivity contribution in [2.24, 2.45) is 0 Å². The Morgan fingerprint density at radius 1 is 0.478 bits per heavy atom. The van der Waals surface area contributed by atoms with Crippen molar-refractivity contribution in [1.29, 1.82) is 0 Å². The number of fused-ring (bicyclic) bond motifs is 1. The van der Waals surface area contributed by atoms with E-state index in [0.29, 0.717) is 4.90 Å². The molecule has 0 amide bonds. The summed E-state index contributed by atoms with van der Waals surface area (Å²) >= 11 is 0. The van der Waals surface area contributed by atoms with E-state index in [4.69, 9.17) is 3.97 Å². The third kappa shape index (κ3) is 11.3. The molecule has 0 atom stereocenters. The van der Waals surface area contributed by atoms with Crippen LogP contribution >= 0.6 is 6.83 Å². The molecule has 0 fully saturated rings. The van der Waals surface area contributed by atoms with Gasteiger partial charge in [-0.25, -0.2) is 0 Å². The summed E-state index contributed by atoms with van der Waals surface area (Å²) in [6.07, 6.45) is 25.3. The Hall–Kier alpha value is -0.960. The van der Waals surface area contributed by atoms with E-state index >= 15 is 8.42 Å². The Bertz CT molecular complexity index is 1210. The fourth-order valence-corrected chi connectivity index (χ4v) is 18.2. The van der Waals surface area contributed by atoms with Crippen molar-refractivity contribution in [3.63, 3.8) is 0 Å². The molecule has 46 heavy (non-hydrogen) atoms. The predicted molar refractivity (Wildman–Crippen MR) is 208 cm³/mol. The van der Waals surface area contributed by atoms with Gasteiger partial charge in [0.25, 0.3) is 0 Å². The van der Waals surface area contributed by atoms with Gasteiger partial charge in [0.05, 0.1) is 0 Å². The number of hydrogen-bond donors (Lipinski definition) is 0. The van der Waals surface area contributed by atoms with Crippen molar-refractivity contribution in [2.45, 2.75) is 182 Å². The molecule has 0 saturated carbocycles. The van der Waals surface area contributed by atoms with Gasteiger partial charge in [0.1, 0.15) is 0 Å². The minimum absolute atomic E-state index is 0.542. The zero-order valence-electron chi connectivity index (χ0n) is 31.4. The van der Waals surface area contributed by atoms with Crippen LogP contribution < -0.4 is 0 Å². The molecule has 2 rings (SSSR count). The third-order valence-electron chi connectivity index (χ3n) is 10.5. The second-order valence-electron chi connectivity index (χ2n) is 14.4. The molecule has 0 bridgehead atoms. The summed E-state index contributed by atoms with van der Waals surface area (Å²) in [5, 5.41) is 2.06. The number of aryl methyl sites for hydroxylation is 1. The molecular weight excluding hydrogens is 603 g/mol. The molecule has 0 unspecified atom stereocenters. The molecule has 0 N–H and O–H groups in total. The first kappa shape index (κ1) is 41.2. The second-order valence-corrected chi connectivity index (χ2v) is 21.8. The van der Waals surface area contributed by atoms with E-state index in [2.05, 4.69) is 66.7 Å². The van der Waals surface area contributed by atoms with Gasteiger partial charge in [0.15, 0.2) is 0 Å². The third-order valence-corrected chi connectivity index (χ3v) is 19.7. The van der Waals surface area contributed by atoms with Crippen LogP contribution in [0, 0.1) is 0 Å². The predicted octanol–water partition coefficient (Wildman–Crippen LogP) is 13.4. The molecule has 5 heteroatoms. The molecule has 0 aliphatic rings. The van der Waals surface area contributed by atoms with E-state index in [-0.39, 0.29) is 0 Å². The van der Waals surface area contributed by atoms with E-state index < -0.39 is 16.9 Å². The Balaban J connectivity index is 3.02. The van der Waals surface area contributed by atoms with Crippen molar-refractivity contribution in [3.05, 3.63) is 41.0 Å². The fraction of sp³-hybridized carbons (Fsp3) is 0.756. The first-order valence-electron chi connectivity index (χ1n) is 19.7. The molecule has 0 aliphatic heterocycles. The zero-order chi connectivity index (χ0) is 33.9. The normalized spacial score (nSPS) is 13.3. The summed E-state index contributed by atoms with van der Waals surface area (Å²) in [6.45, 7) is 12.7. The van der Waals surface area contributed by atoms with Crippen LogP contribution in [0.1, 0.15) is 174 Å². The van der Waals surface area contributed by atoms with E-state index in [1.54, 1.807) is 0 Å². The number of rotatable bonds is 27. The maximum absolute atomic E-state index is 15.4. The molecule has 0 aliphatic carbocycles. The number of unbranched alkanes of at least 4 members (excludes halogenated alkanes) is 10. The van der Waals surface area contributed by atoms with E-state index in [9.17, 15) is 0 Å². The van der Waals surface area contributed by atoms with E-state index in [0.717, 1.165) is 150 Å². The van der Waals surface area contributed by atoms with Gasteiger partial charge in [-0.05, 0) is 0 Å². The van der Waals surface area contributed by atoms with Crippen LogP contribution in [0.4, 0.5) is 0 Å². The molecule has 0 aromatic heterocycles. The van der Waals surface area contributed by atoms with Crippen LogP contribution in [0.25, 0.3) is 10.8 Å². The number of benzene rings is 2. The van der Waals surface area contributed by atoms with Crippen LogP contribution in [-0.4, -0.2) is 33.1 Å². The molecular formula is C41H73O3PS. The van der Waals surface area contributed by atoms with Gasteiger partial charge in [-0.2, -0.15) is 0 Å². The Morgan fingerprint density at radius 3 is 1.26 bits per heavy atom. The SMILES string of the molecule is CCCCCc1c(CCCCC)c(S(=O)(=O)OP(CCCC)(CCCC)(CCCC)CCCC)c2ccccc2c1CCCCC. The molecule has 0 spiro atoms. The standard InChI is InChI=1S/C41H73O3PS/c1-8-15-22-27-36-37(28-23-16-9-2)39(30-24-17-10-3)41(40-31-26-25-29-38(36)40)46(42,43)44-45(32-18-11-4,33-19-12-5,34-20-13-6)35-21-14-7/h25-26,29,31H,8-24,27-28,30,32-35H2,1-7H3. The minimum atomic E-state index is -4.03. The molecule has 266 valence electrons. The first-order valence-corrected chi connectivity index (χ1v) is 24.0. The monoisotopic (exact) mass is 677 g/mol. The van der Waals surface area contributed by atoms with Gasteiger partial charge < -0.3 is 0 Å². The van der Waals surface area contributed by atoms with Gasteiger partial charge in [0.2, 0.25) is 0 Å². The van der Waals surface area contributed by atoms with E-state index in [1.807, 2.05) is 6.07 Å². The summed E-state index contributed by atoms with van der Waals surface area (Å²) in [6, 6.07) is 8.46. The van der Waals surface area contributed by atoms with E-state index in [1.165, 1.54) is 30.4 Å². The second kappa shape index (κ2) is 21.2. The van der Waals surface area contributed by atoms with Gasteiger partial charge in [0, 0.05) is 0 Å². The van der Waals surface area contributed by atoms with Crippen LogP contribution in [0.5, 0.6) is 0 Å².